The lowest BCUT2D eigenvalue weighted by atomic mass is 9.86. The quantitative estimate of drug-likeness (QED) is 0.647. The van der Waals surface area contributed by atoms with E-state index in [0.717, 1.165) is 28.9 Å². The second-order valence-corrected chi connectivity index (χ2v) is 5.74. The van der Waals surface area contributed by atoms with Crippen LogP contribution in [0.4, 0.5) is 11.6 Å². The van der Waals surface area contributed by atoms with Crippen LogP contribution in [0.1, 0.15) is 44.0 Å². The molecule has 0 saturated heterocycles. The molecule has 0 amide bonds. The minimum Gasteiger partial charge on any atom is -0.356 e. The third-order valence-corrected chi connectivity index (χ3v) is 4.24. The average Bonchev–Trinajstić information content (AvgIpc) is 2.41. The highest BCUT2D eigenvalue weighted by Gasteiger charge is 2.24. The van der Waals surface area contributed by atoms with E-state index < -0.39 is 0 Å². The van der Waals surface area contributed by atoms with Gasteiger partial charge in [-0.15, -0.1) is 0 Å². The third kappa shape index (κ3) is 2.97. The highest BCUT2D eigenvalue weighted by atomic mass is 15.3. The average molecular weight is 263 g/mol. The minimum atomic E-state index is 0.579. The molecule has 1 saturated carbocycles. The Hall–Kier alpha value is -1.36. The molecular formula is C14H25N5. The van der Waals surface area contributed by atoms with Crippen molar-refractivity contribution in [2.75, 3.05) is 17.4 Å². The van der Waals surface area contributed by atoms with E-state index in [2.05, 4.69) is 34.3 Å². The van der Waals surface area contributed by atoms with Crippen LogP contribution in [-0.2, 0) is 0 Å². The Labute approximate surface area is 115 Å². The number of hydrogen-bond acceptors (Lipinski definition) is 5. The first kappa shape index (κ1) is 14.1. The van der Waals surface area contributed by atoms with Crippen molar-refractivity contribution >= 4 is 11.6 Å². The molecule has 2 rings (SSSR count). The number of nitrogens with two attached hydrogens (primary N) is 1. The predicted octanol–water partition coefficient (Wildman–Crippen LogP) is 2.39. The van der Waals surface area contributed by atoms with Gasteiger partial charge in [0.05, 0.1) is 0 Å². The molecule has 0 radical (unpaired) electrons. The van der Waals surface area contributed by atoms with Crippen LogP contribution in [-0.4, -0.2) is 23.1 Å². The molecule has 1 aliphatic carbocycles. The Morgan fingerprint density at radius 3 is 2.37 bits per heavy atom. The Bertz CT molecular complexity index is 438. The van der Waals surface area contributed by atoms with Gasteiger partial charge in [-0.05, 0) is 45.4 Å². The first-order valence-corrected chi connectivity index (χ1v) is 7.07. The van der Waals surface area contributed by atoms with E-state index in [1.807, 2.05) is 13.8 Å². The molecule has 0 spiro atoms. The molecular weight excluding hydrogens is 238 g/mol. The molecule has 0 unspecified atom stereocenters. The Balaban J connectivity index is 2.23. The van der Waals surface area contributed by atoms with Crippen LogP contribution < -0.4 is 16.2 Å². The van der Waals surface area contributed by atoms with Crippen molar-refractivity contribution in [3.63, 3.8) is 0 Å². The molecule has 0 aromatic carbocycles. The van der Waals surface area contributed by atoms with E-state index in [9.17, 15) is 0 Å². The van der Waals surface area contributed by atoms with E-state index in [1.165, 1.54) is 25.7 Å². The van der Waals surface area contributed by atoms with Gasteiger partial charge in [0, 0.05) is 18.7 Å². The van der Waals surface area contributed by atoms with Gasteiger partial charge in [0.15, 0.2) is 0 Å². The molecule has 3 N–H and O–H groups in total. The fourth-order valence-corrected chi connectivity index (χ4v) is 2.90. The lowest BCUT2D eigenvalue weighted by molar-refractivity contribution is 0.339. The summed E-state index contributed by atoms with van der Waals surface area (Å²) in [5.74, 6) is 8.86. The van der Waals surface area contributed by atoms with Crippen molar-refractivity contribution in [2.24, 2.45) is 11.8 Å². The van der Waals surface area contributed by atoms with Crippen LogP contribution in [0.3, 0.4) is 0 Å². The van der Waals surface area contributed by atoms with Gasteiger partial charge in [0.25, 0.3) is 0 Å². The highest BCUT2D eigenvalue weighted by molar-refractivity contribution is 5.58. The number of aryl methyl sites for hydroxylation is 1. The monoisotopic (exact) mass is 263 g/mol. The first-order chi connectivity index (χ1) is 9.02. The van der Waals surface area contributed by atoms with Gasteiger partial charge in [-0.25, -0.2) is 15.8 Å². The van der Waals surface area contributed by atoms with Crippen molar-refractivity contribution < 1.29 is 0 Å². The molecule has 0 bridgehead atoms. The molecule has 1 aliphatic rings. The molecule has 5 heteroatoms. The van der Waals surface area contributed by atoms with Gasteiger partial charge in [-0.3, -0.25) is 0 Å². The van der Waals surface area contributed by atoms with Crippen LogP contribution in [0.15, 0.2) is 0 Å². The van der Waals surface area contributed by atoms with Crippen LogP contribution in [0.5, 0.6) is 0 Å². The van der Waals surface area contributed by atoms with Crippen molar-refractivity contribution in [1.82, 2.24) is 9.97 Å². The predicted molar refractivity (Wildman–Crippen MR) is 79.1 cm³/mol. The zero-order chi connectivity index (χ0) is 14.0. The van der Waals surface area contributed by atoms with Gasteiger partial charge in [0.2, 0.25) is 0 Å². The van der Waals surface area contributed by atoms with Crippen molar-refractivity contribution in [1.29, 1.82) is 0 Å². The second kappa shape index (κ2) is 5.74. The summed E-state index contributed by atoms with van der Waals surface area (Å²) < 4.78 is 0. The molecule has 1 fully saturated rings. The summed E-state index contributed by atoms with van der Waals surface area (Å²) in [5.41, 5.74) is 3.69. The van der Waals surface area contributed by atoms with E-state index >= 15 is 0 Å². The smallest absolute Gasteiger partial charge is 0.148 e. The van der Waals surface area contributed by atoms with E-state index in [-0.39, 0.29) is 0 Å². The Morgan fingerprint density at radius 2 is 1.79 bits per heavy atom. The van der Waals surface area contributed by atoms with Crippen molar-refractivity contribution in [3.8, 4) is 0 Å². The summed E-state index contributed by atoms with van der Waals surface area (Å²) in [5, 5.41) is 0. The minimum absolute atomic E-state index is 0.579. The third-order valence-electron chi connectivity index (χ3n) is 4.24. The summed E-state index contributed by atoms with van der Waals surface area (Å²) in [6, 6.07) is 0.579. The fourth-order valence-electron chi connectivity index (χ4n) is 2.90. The lowest BCUT2D eigenvalue weighted by Crippen LogP contribution is -2.36. The maximum absolute atomic E-state index is 5.53. The van der Waals surface area contributed by atoms with Crippen LogP contribution in [0.25, 0.3) is 0 Å². The van der Waals surface area contributed by atoms with E-state index in [0.29, 0.717) is 6.04 Å². The molecule has 19 heavy (non-hydrogen) atoms. The van der Waals surface area contributed by atoms with Crippen LogP contribution in [0, 0.1) is 19.8 Å². The van der Waals surface area contributed by atoms with Gasteiger partial charge in [-0.2, -0.15) is 0 Å². The largest absolute Gasteiger partial charge is 0.356 e. The van der Waals surface area contributed by atoms with Crippen LogP contribution in [0.2, 0.25) is 0 Å². The number of nitrogen functional groups attached to an aromatic ring is 1. The molecule has 1 aromatic heterocycles. The summed E-state index contributed by atoms with van der Waals surface area (Å²) in [4.78, 5) is 11.2. The van der Waals surface area contributed by atoms with Gasteiger partial charge in [-0.1, -0.05) is 6.92 Å². The maximum Gasteiger partial charge on any atom is 0.148 e. The van der Waals surface area contributed by atoms with Crippen molar-refractivity contribution in [3.05, 3.63) is 11.4 Å². The normalized spacial score (nSPS) is 23.2. The number of hydrazine groups is 1. The highest BCUT2D eigenvalue weighted by Crippen LogP contribution is 2.31. The number of hydrogen-bond donors (Lipinski definition) is 2. The zero-order valence-corrected chi connectivity index (χ0v) is 12.4. The molecule has 0 atom stereocenters. The summed E-state index contributed by atoms with van der Waals surface area (Å²) >= 11 is 0. The molecule has 106 valence electrons. The second-order valence-electron chi connectivity index (χ2n) is 5.74. The molecule has 0 aliphatic heterocycles. The standard InChI is InChI=1S/C14H25N5/c1-9-5-7-12(8-6-9)19(4)14-10(2)13(18-15)16-11(3)17-14/h9,12H,5-8,15H2,1-4H3,(H,16,17,18). The van der Waals surface area contributed by atoms with Gasteiger partial charge >= 0.3 is 0 Å². The summed E-state index contributed by atoms with van der Waals surface area (Å²) in [6.45, 7) is 6.26. The fraction of sp³-hybridized carbons (Fsp3) is 0.714. The van der Waals surface area contributed by atoms with E-state index in [4.69, 9.17) is 5.84 Å². The topological polar surface area (TPSA) is 67.1 Å². The number of aromatic nitrogens is 2. The SMILES string of the molecule is Cc1nc(NN)c(C)c(N(C)C2CCC(C)CC2)n1. The number of anilines is 2. The molecule has 1 aromatic rings. The van der Waals surface area contributed by atoms with Gasteiger partial charge in [0.1, 0.15) is 17.5 Å². The van der Waals surface area contributed by atoms with E-state index in [1.54, 1.807) is 0 Å². The Kier molecular flexibility index (Phi) is 4.24. The lowest BCUT2D eigenvalue weighted by Gasteiger charge is -2.35. The van der Waals surface area contributed by atoms with Crippen molar-refractivity contribution in [2.45, 2.75) is 52.5 Å². The Morgan fingerprint density at radius 1 is 1.16 bits per heavy atom. The van der Waals surface area contributed by atoms with Crippen LogP contribution >= 0.6 is 0 Å². The molecule has 5 nitrogen and oxygen atoms in total. The number of nitrogens with one attached hydrogen (secondary N) is 1. The number of nitrogens with zero attached hydrogens (tertiary/aromatic N) is 3. The number of rotatable bonds is 3. The summed E-state index contributed by atoms with van der Waals surface area (Å²) in [6.07, 6.45) is 5.09. The maximum atomic E-state index is 5.53. The first-order valence-electron chi connectivity index (χ1n) is 7.07. The summed E-state index contributed by atoms with van der Waals surface area (Å²) in [7, 11) is 2.13. The molecule has 1 heterocycles. The zero-order valence-electron chi connectivity index (χ0n) is 12.4. The van der Waals surface area contributed by atoms with Gasteiger partial charge < -0.3 is 10.3 Å².